The minimum Gasteiger partial charge on any atom is -0.490 e. The summed E-state index contributed by atoms with van der Waals surface area (Å²) in [4.78, 5) is 2.12. The van der Waals surface area contributed by atoms with E-state index in [1.165, 1.54) is 0 Å². The van der Waals surface area contributed by atoms with Crippen LogP contribution in [0.2, 0.25) is 0 Å². The van der Waals surface area contributed by atoms with E-state index in [2.05, 4.69) is 15.9 Å². The van der Waals surface area contributed by atoms with Gasteiger partial charge in [-0.1, -0.05) is 27.7 Å². The molecule has 2 aromatic carbocycles. The number of benzene rings is 2. The maximum Gasteiger partial charge on any atom is 0.162 e. The predicted molar refractivity (Wildman–Crippen MR) is 84.7 cm³/mol. The van der Waals surface area contributed by atoms with Gasteiger partial charge >= 0.3 is 0 Å². The molecule has 3 rings (SSSR count). The van der Waals surface area contributed by atoms with Crippen LogP contribution >= 0.6 is 27.7 Å². The summed E-state index contributed by atoms with van der Waals surface area (Å²) >= 11 is 5.04. The Morgan fingerprint density at radius 3 is 2.60 bits per heavy atom. The van der Waals surface area contributed by atoms with Gasteiger partial charge in [-0.05, 0) is 36.4 Å². The molecule has 104 valence electrons. The number of halogens is 1. The van der Waals surface area contributed by atoms with E-state index >= 15 is 0 Å². The molecule has 0 radical (unpaired) electrons. The number of anilines is 1. The normalized spacial score (nSPS) is 13.8. The number of ether oxygens (including phenoxy) is 2. The van der Waals surface area contributed by atoms with Crippen LogP contribution in [0.1, 0.15) is 6.42 Å². The van der Waals surface area contributed by atoms with E-state index in [4.69, 9.17) is 15.2 Å². The van der Waals surface area contributed by atoms with E-state index in [1.54, 1.807) is 11.8 Å². The lowest BCUT2D eigenvalue weighted by Crippen LogP contribution is -1.97. The van der Waals surface area contributed by atoms with Crippen molar-refractivity contribution >= 4 is 33.4 Å². The SMILES string of the molecule is Nc1cc(Br)ccc1Sc1ccc2c(c1)OCCCO2. The van der Waals surface area contributed by atoms with Crippen molar-refractivity contribution in [2.75, 3.05) is 18.9 Å². The molecule has 0 atom stereocenters. The Labute approximate surface area is 130 Å². The summed E-state index contributed by atoms with van der Waals surface area (Å²) in [6, 6.07) is 11.9. The van der Waals surface area contributed by atoms with Gasteiger partial charge in [0.25, 0.3) is 0 Å². The summed E-state index contributed by atoms with van der Waals surface area (Å²) in [6.07, 6.45) is 0.914. The highest BCUT2D eigenvalue weighted by Gasteiger charge is 2.11. The van der Waals surface area contributed by atoms with Crippen LogP contribution in [0.15, 0.2) is 50.7 Å². The lowest BCUT2D eigenvalue weighted by molar-refractivity contribution is 0.297. The van der Waals surface area contributed by atoms with Gasteiger partial charge in [-0.25, -0.2) is 0 Å². The highest BCUT2D eigenvalue weighted by Crippen LogP contribution is 2.38. The highest BCUT2D eigenvalue weighted by atomic mass is 79.9. The summed E-state index contributed by atoms with van der Waals surface area (Å²) in [5.74, 6) is 1.62. The molecule has 1 aliphatic rings. The topological polar surface area (TPSA) is 44.5 Å². The minimum absolute atomic E-state index is 0.696. The van der Waals surface area contributed by atoms with Gasteiger partial charge in [-0.2, -0.15) is 0 Å². The molecular formula is C15H14BrNO2S. The number of hydrogen-bond donors (Lipinski definition) is 1. The van der Waals surface area contributed by atoms with Crippen molar-refractivity contribution in [1.82, 2.24) is 0 Å². The first-order valence-corrected chi connectivity index (χ1v) is 7.96. The zero-order valence-corrected chi connectivity index (χ0v) is 13.2. The maximum atomic E-state index is 6.03. The summed E-state index contributed by atoms with van der Waals surface area (Å²) in [7, 11) is 0. The summed E-state index contributed by atoms with van der Waals surface area (Å²) in [6.45, 7) is 1.40. The van der Waals surface area contributed by atoms with E-state index in [0.29, 0.717) is 13.2 Å². The third-order valence-corrected chi connectivity index (χ3v) is 4.49. The molecule has 20 heavy (non-hydrogen) atoms. The Morgan fingerprint density at radius 1 is 1.00 bits per heavy atom. The molecule has 0 saturated carbocycles. The Morgan fingerprint density at radius 2 is 1.80 bits per heavy atom. The highest BCUT2D eigenvalue weighted by molar-refractivity contribution is 9.10. The molecule has 0 aromatic heterocycles. The third kappa shape index (κ3) is 3.04. The largest absolute Gasteiger partial charge is 0.490 e. The summed E-state index contributed by atoms with van der Waals surface area (Å²) < 4.78 is 12.3. The fourth-order valence-corrected chi connectivity index (χ4v) is 3.19. The van der Waals surface area contributed by atoms with Gasteiger partial charge in [0, 0.05) is 26.4 Å². The van der Waals surface area contributed by atoms with E-state index in [9.17, 15) is 0 Å². The molecule has 0 spiro atoms. The van der Waals surface area contributed by atoms with Crippen LogP contribution in [0.5, 0.6) is 11.5 Å². The first-order valence-electron chi connectivity index (χ1n) is 6.35. The molecule has 2 N–H and O–H groups in total. The summed E-state index contributed by atoms with van der Waals surface area (Å²) in [5, 5.41) is 0. The fraction of sp³-hybridized carbons (Fsp3) is 0.200. The van der Waals surface area contributed by atoms with Crippen molar-refractivity contribution in [1.29, 1.82) is 0 Å². The second kappa shape index (κ2) is 5.97. The Bertz CT molecular complexity index is 633. The van der Waals surface area contributed by atoms with Gasteiger partial charge in [-0.3, -0.25) is 0 Å². The monoisotopic (exact) mass is 351 g/mol. The number of hydrogen-bond acceptors (Lipinski definition) is 4. The van der Waals surface area contributed by atoms with Crippen LogP contribution < -0.4 is 15.2 Å². The smallest absolute Gasteiger partial charge is 0.162 e. The van der Waals surface area contributed by atoms with Crippen LogP contribution in [0.25, 0.3) is 0 Å². The average Bonchev–Trinajstić information content (AvgIpc) is 2.66. The number of nitrogen functional groups attached to an aromatic ring is 1. The third-order valence-electron chi connectivity index (χ3n) is 2.92. The molecule has 2 aromatic rings. The van der Waals surface area contributed by atoms with Crippen LogP contribution in [-0.2, 0) is 0 Å². The van der Waals surface area contributed by atoms with Crippen LogP contribution in [-0.4, -0.2) is 13.2 Å². The van der Waals surface area contributed by atoms with Gasteiger partial charge in [0.1, 0.15) is 0 Å². The van der Waals surface area contributed by atoms with Gasteiger partial charge in [-0.15, -0.1) is 0 Å². The number of fused-ring (bicyclic) bond motifs is 1. The lowest BCUT2D eigenvalue weighted by atomic mass is 10.3. The van der Waals surface area contributed by atoms with Crippen LogP contribution in [0.3, 0.4) is 0 Å². The molecule has 0 amide bonds. The second-order valence-corrected chi connectivity index (χ2v) is 6.47. The molecule has 1 aliphatic heterocycles. The molecule has 0 bridgehead atoms. The second-order valence-electron chi connectivity index (χ2n) is 4.44. The fourth-order valence-electron chi connectivity index (χ4n) is 1.95. The molecule has 1 heterocycles. The quantitative estimate of drug-likeness (QED) is 0.817. The standard InChI is InChI=1S/C15H14BrNO2S/c16-10-2-5-15(12(17)8-10)20-11-3-4-13-14(9-11)19-7-1-6-18-13/h2-5,8-9H,1,6-7,17H2. The van der Waals surface area contributed by atoms with E-state index < -0.39 is 0 Å². The van der Waals surface area contributed by atoms with Gasteiger partial charge < -0.3 is 15.2 Å². The molecule has 5 heteroatoms. The first kappa shape index (κ1) is 13.6. The molecule has 3 nitrogen and oxygen atoms in total. The molecule has 0 aliphatic carbocycles. The van der Waals surface area contributed by atoms with Gasteiger partial charge in [0.2, 0.25) is 0 Å². The number of nitrogens with two attached hydrogens (primary N) is 1. The van der Waals surface area contributed by atoms with E-state index in [-0.39, 0.29) is 0 Å². The van der Waals surface area contributed by atoms with Crippen molar-refractivity contribution in [3.63, 3.8) is 0 Å². The number of rotatable bonds is 2. The van der Waals surface area contributed by atoms with Crippen molar-refractivity contribution < 1.29 is 9.47 Å². The predicted octanol–water partition coefficient (Wildman–Crippen LogP) is 4.34. The molecule has 0 saturated heterocycles. The van der Waals surface area contributed by atoms with Crippen LogP contribution in [0, 0.1) is 0 Å². The molecular weight excluding hydrogens is 338 g/mol. The van der Waals surface area contributed by atoms with E-state index in [1.807, 2.05) is 36.4 Å². The van der Waals surface area contributed by atoms with Crippen LogP contribution in [0.4, 0.5) is 5.69 Å². The van der Waals surface area contributed by atoms with E-state index in [0.717, 1.165) is 37.9 Å². The van der Waals surface area contributed by atoms with Crippen molar-refractivity contribution in [3.8, 4) is 11.5 Å². The van der Waals surface area contributed by atoms with Crippen molar-refractivity contribution in [2.45, 2.75) is 16.2 Å². The average molecular weight is 352 g/mol. The molecule has 0 fully saturated rings. The Kier molecular flexibility index (Phi) is 4.08. The Balaban J connectivity index is 1.86. The first-order chi connectivity index (χ1) is 9.72. The molecule has 0 unspecified atom stereocenters. The Hall–Kier alpha value is -1.33. The minimum atomic E-state index is 0.696. The van der Waals surface area contributed by atoms with Crippen molar-refractivity contribution in [3.05, 3.63) is 40.9 Å². The zero-order valence-electron chi connectivity index (χ0n) is 10.8. The van der Waals surface area contributed by atoms with Gasteiger partial charge in [0.15, 0.2) is 11.5 Å². The maximum absolute atomic E-state index is 6.03. The lowest BCUT2D eigenvalue weighted by Gasteiger charge is -2.10. The summed E-state index contributed by atoms with van der Waals surface area (Å²) in [5.41, 5.74) is 6.79. The van der Waals surface area contributed by atoms with Crippen molar-refractivity contribution in [2.24, 2.45) is 0 Å². The zero-order chi connectivity index (χ0) is 13.9. The van der Waals surface area contributed by atoms with Gasteiger partial charge in [0.05, 0.1) is 13.2 Å².